The molecule has 0 bridgehead atoms. The molecule has 0 aliphatic carbocycles. The average Bonchev–Trinajstić information content (AvgIpc) is 2.29. The number of rotatable bonds is 1. The Balaban J connectivity index is 2.37. The first-order valence-corrected chi connectivity index (χ1v) is 6.69. The first kappa shape index (κ1) is 12.0. The molecule has 2 rings (SSSR count). The van der Waals surface area contributed by atoms with E-state index in [0.717, 1.165) is 10.5 Å². The maximum Gasteiger partial charge on any atom is 0.249 e. The summed E-state index contributed by atoms with van der Waals surface area (Å²) in [6, 6.07) is 7.14. The fraction of sp³-hybridized carbons (Fsp3) is 0.333. The lowest BCUT2D eigenvalue weighted by Crippen LogP contribution is -2.51. The van der Waals surface area contributed by atoms with Crippen LogP contribution in [-0.4, -0.2) is 27.0 Å². The van der Waals surface area contributed by atoms with Crippen molar-refractivity contribution in [2.75, 3.05) is 10.7 Å². The molecular formula is C12H13NO3S. The van der Waals surface area contributed by atoms with Crippen LogP contribution in [0.3, 0.4) is 0 Å². The van der Waals surface area contributed by atoms with Crippen LogP contribution in [0.2, 0.25) is 0 Å². The van der Waals surface area contributed by atoms with Gasteiger partial charge in [0.05, 0.1) is 5.69 Å². The van der Waals surface area contributed by atoms with Crippen molar-refractivity contribution in [2.45, 2.75) is 19.1 Å². The second kappa shape index (κ2) is 4.41. The van der Waals surface area contributed by atoms with E-state index in [1.807, 2.05) is 19.1 Å². The molecule has 0 aromatic heterocycles. The summed E-state index contributed by atoms with van der Waals surface area (Å²) in [5, 5.41) is -0.617. The molecular weight excluding hydrogens is 238 g/mol. The van der Waals surface area contributed by atoms with Gasteiger partial charge in [-0.1, -0.05) is 17.7 Å². The topological polar surface area (TPSA) is 54.5 Å². The predicted octanol–water partition coefficient (Wildman–Crippen LogP) is 1.01. The predicted molar refractivity (Wildman–Crippen MR) is 66.1 cm³/mol. The summed E-state index contributed by atoms with van der Waals surface area (Å²) in [7, 11) is -1.38. The van der Waals surface area contributed by atoms with E-state index >= 15 is 0 Å². The van der Waals surface area contributed by atoms with Gasteiger partial charge in [-0.15, -0.1) is 0 Å². The Hall–Kier alpha value is -1.49. The van der Waals surface area contributed by atoms with E-state index in [-0.39, 0.29) is 11.7 Å². The van der Waals surface area contributed by atoms with E-state index in [0.29, 0.717) is 5.69 Å². The highest BCUT2D eigenvalue weighted by molar-refractivity contribution is 7.87. The lowest BCUT2D eigenvalue weighted by atomic mass is 10.2. The summed E-state index contributed by atoms with van der Waals surface area (Å²) >= 11 is 0. The minimum atomic E-state index is -1.38. The molecule has 4 nitrogen and oxygen atoms in total. The zero-order chi connectivity index (χ0) is 12.6. The van der Waals surface area contributed by atoms with Crippen LogP contribution in [0.25, 0.3) is 0 Å². The Morgan fingerprint density at radius 2 is 1.82 bits per heavy atom. The largest absolute Gasteiger partial charge is 0.273 e. The first-order valence-electron chi connectivity index (χ1n) is 5.31. The second-order valence-electron chi connectivity index (χ2n) is 4.07. The molecule has 1 aliphatic rings. The normalized spacial score (nSPS) is 25.2. The van der Waals surface area contributed by atoms with E-state index in [1.54, 1.807) is 19.1 Å². The molecule has 1 fully saturated rings. The van der Waals surface area contributed by atoms with Crippen LogP contribution in [0.5, 0.6) is 0 Å². The number of amides is 2. The van der Waals surface area contributed by atoms with Crippen molar-refractivity contribution in [1.29, 1.82) is 0 Å². The number of carbonyl (C=O) groups excluding carboxylic acids is 2. The third-order valence-corrected chi connectivity index (χ3v) is 4.29. The quantitative estimate of drug-likeness (QED) is 0.700. The molecule has 1 saturated heterocycles. The summed E-state index contributed by atoms with van der Waals surface area (Å²) in [6.45, 7) is 3.52. The first-order chi connectivity index (χ1) is 8.00. The van der Waals surface area contributed by atoms with E-state index in [4.69, 9.17) is 0 Å². The average molecular weight is 251 g/mol. The molecule has 5 heteroatoms. The molecule has 1 aliphatic heterocycles. The second-order valence-corrected chi connectivity index (χ2v) is 5.83. The van der Waals surface area contributed by atoms with Crippen LogP contribution in [0, 0.1) is 6.92 Å². The van der Waals surface area contributed by atoms with Gasteiger partial charge in [-0.25, -0.2) is 4.90 Å². The monoisotopic (exact) mass is 251 g/mol. The van der Waals surface area contributed by atoms with Gasteiger partial charge in [-0.05, 0) is 26.0 Å². The highest BCUT2D eigenvalue weighted by Gasteiger charge is 2.37. The third kappa shape index (κ3) is 2.15. The summed E-state index contributed by atoms with van der Waals surface area (Å²) in [6.07, 6.45) is 0. The van der Waals surface area contributed by atoms with Crippen molar-refractivity contribution in [3.63, 3.8) is 0 Å². The molecule has 17 heavy (non-hydrogen) atoms. The van der Waals surface area contributed by atoms with Crippen LogP contribution in [-0.2, 0) is 20.4 Å². The van der Waals surface area contributed by atoms with Crippen molar-refractivity contribution in [3.05, 3.63) is 29.8 Å². The number of anilines is 1. The fourth-order valence-corrected chi connectivity index (χ4v) is 2.65. The number of imide groups is 1. The van der Waals surface area contributed by atoms with Crippen LogP contribution in [0.4, 0.5) is 5.69 Å². The molecule has 0 spiro atoms. The Morgan fingerprint density at radius 1 is 1.24 bits per heavy atom. The summed E-state index contributed by atoms with van der Waals surface area (Å²) < 4.78 is 11.5. The molecule has 0 radical (unpaired) electrons. The SMILES string of the molecule is Cc1ccc(N2C(=O)C[S@@](=O)[C@H](C)C2=O)cc1. The van der Waals surface area contributed by atoms with Gasteiger partial charge in [0.2, 0.25) is 11.8 Å². The van der Waals surface area contributed by atoms with Gasteiger partial charge in [-0.2, -0.15) is 0 Å². The minimum absolute atomic E-state index is 0.0826. The van der Waals surface area contributed by atoms with E-state index < -0.39 is 22.0 Å². The number of hydrogen-bond acceptors (Lipinski definition) is 3. The highest BCUT2D eigenvalue weighted by atomic mass is 32.2. The molecule has 2 amide bonds. The summed E-state index contributed by atoms with van der Waals surface area (Å²) in [5.41, 5.74) is 1.61. The van der Waals surface area contributed by atoms with Gasteiger partial charge >= 0.3 is 0 Å². The number of nitrogens with zero attached hydrogens (tertiary/aromatic N) is 1. The van der Waals surface area contributed by atoms with Gasteiger partial charge in [0.1, 0.15) is 11.0 Å². The lowest BCUT2D eigenvalue weighted by molar-refractivity contribution is -0.125. The summed E-state index contributed by atoms with van der Waals surface area (Å²) in [5.74, 6) is -0.862. The van der Waals surface area contributed by atoms with Crippen molar-refractivity contribution in [1.82, 2.24) is 0 Å². The van der Waals surface area contributed by atoms with Crippen molar-refractivity contribution >= 4 is 28.3 Å². The number of hydrogen-bond donors (Lipinski definition) is 0. The molecule has 0 N–H and O–H groups in total. The minimum Gasteiger partial charge on any atom is -0.273 e. The Morgan fingerprint density at radius 3 is 2.41 bits per heavy atom. The van der Waals surface area contributed by atoms with Gasteiger partial charge < -0.3 is 0 Å². The number of aryl methyl sites for hydroxylation is 1. The molecule has 0 saturated carbocycles. The Kier molecular flexibility index (Phi) is 3.11. The van der Waals surface area contributed by atoms with Gasteiger partial charge in [0.25, 0.3) is 0 Å². The van der Waals surface area contributed by atoms with Crippen LogP contribution < -0.4 is 4.90 Å². The molecule has 90 valence electrons. The molecule has 0 unspecified atom stereocenters. The zero-order valence-electron chi connectivity index (χ0n) is 9.67. The maximum absolute atomic E-state index is 11.9. The smallest absolute Gasteiger partial charge is 0.249 e. The van der Waals surface area contributed by atoms with Crippen LogP contribution in [0.1, 0.15) is 12.5 Å². The zero-order valence-corrected chi connectivity index (χ0v) is 10.5. The van der Waals surface area contributed by atoms with Crippen molar-refractivity contribution in [3.8, 4) is 0 Å². The van der Waals surface area contributed by atoms with Gasteiger partial charge in [-0.3, -0.25) is 13.8 Å². The molecule has 1 aromatic carbocycles. The Bertz CT molecular complexity index is 495. The Labute approximate surface area is 102 Å². The van der Waals surface area contributed by atoms with Crippen molar-refractivity contribution < 1.29 is 13.8 Å². The van der Waals surface area contributed by atoms with E-state index in [2.05, 4.69) is 0 Å². The molecule has 1 heterocycles. The van der Waals surface area contributed by atoms with Gasteiger partial charge in [0.15, 0.2) is 0 Å². The standard InChI is InChI=1S/C12H13NO3S/c1-8-3-5-10(6-4-8)13-11(14)7-17(16)9(2)12(13)15/h3-6,9H,7H2,1-2H3/t9-,17-/m1/s1. The fourth-order valence-electron chi connectivity index (χ4n) is 1.69. The maximum atomic E-state index is 11.9. The van der Waals surface area contributed by atoms with Crippen molar-refractivity contribution in [2.24, 2.45) is 0 Å². The third-order valence-electron chi connectivity index (χ3n) is 2.77. The molecule has 2 atom stereocenters. The number of carbonyl (C=O) groups is 2. The van der Waals surface area contributed by atoms with Crippen LogP contribution >= 0.6 is 0 Å². The highest BCUT2D eigenvalue weighted by Crippen LogP contribution is 2.21. The van der Waals surface area contributed by atoms with Gasteiger partial charge in [0, 0.05) is 10.8 Å². The van der Waals surface area contributed by atoms with Crippen LogP contribution in [0.15, 0.2) is 24.3 Å². The van der Waals surface area contributed by atoms with E-state index in [1.165, 1.54) is 0 Å². The number of benzene rings is 1. The summed E-state index contributed by atoms with van der Waals surface area (Å²) in [4.78, 5) is 24.8. The molecule has 1 aromatic rings. The lowest BCUT2D eigenvalue weighted by Gasteiger charge is -2.28. The van der Waals surface area contributed by atoms with E-state index in [9.17, 15) is 13.8 Å².